The van der Waals surface area contributed by atoms with Crippen molar-refractivity contribution >= 4 is 17.4 Å². The number of Topliss-reactive ketones (excluding diaryl/α,β-unsaturated/α-hetero) is 1. The third kappa shape index (κ3) is 6.02. The Balaban J connectivity index is 1.73. The van der Waals surface area contributed by atoms with E-state index < -0.39 is 17.7 Å². The standard InChI is InChI=1S/C31H33NO5/c1-21(2)17-19-37-26-11-7-10-24(20-26)28-27(29(33)23-12-14-25(36-3)15-13-23)30(34)31(35)32(28)18-16-22-8-5-4-6-9-22/h4-15,20-21,28,33H,16-19H2,1-3H3. The van der Waals surface area contributed by atoms with Crippen LogP contribution < -0.4 is 9.47 Å². The van der Waals surface area contributed by atoms with E-state index in [2.05, 4.69) is 13.8 Å². The third-order valence-electron chi connectivity index (χ3n) is 6.53. The minimum atomic E-state index is -0.737. The molecule has 6 nitrogen and oxygen atoms in total. The van der Waals surface area contributed by atoms with Crippen molar-refractivity contribution in [3.8, 4) is 11.5 Å². The molecule has 192 valence electrons. The van der Waals surface area contributed by atoms with Gasteiger partial charge in [0.05, 0.1) is 25.3 Å². The van der Waals surface area contributed by atoms with Crippen molar-refractivity contribution in [2.75, 3.05) is 20.3 Å². The van der Waals surface area contributed by atoms with Crippen molar-refractivity contribution in [2.45, 2.75) is 32.7 Å². The third-order valence-corrected chi connectivity index (χ3v) is 6.53. The van der Waals surface area contributed by atoms with Crippen LogP contribution in [0.1, 0.15) is 43.0 Å². The predicted octanol–water partition coefficient (Wildman–Crippen LogP) is 5.78. The van der Waals surface area contributed by atoms with Gasteiger partial charge in [0.25, 0.3) is 11.7 Å². The molecule has 3 aromatic rings. The maximum atomic E-state index is 13.3. The molecule has 1 N–H and O–H groups in total. The maximum Gasteiger partial charge on any atom is 0.295 e. The zero-order chi connectivity index (χ0) is 26.4. The van der Waals surface area contributed by atoms with Crippen molar-refractivity contribution in [3.05, 3.63) is 101 Å². The maximum absolute atomic E-state index is 13.3. The molecule has 1 unspecified atom stereocenters. The highest BCUT2D eigenvalue weighted by Crippen LogP contribution is 2.40. The van der Waals surface area contributed by atoms with Crippen LogP contribution in [-0.2, 0) is 16.0 Å². The van der Waals surface area contributed by atoms with E-state index in [-0.39, 0.29) is 11.3 Å². The van der Waals surface area contributed by atoms with E-state index in [1.807, 2.05) is 54.6 Å². The Hall–Kier alpha value is -4.06. The molecule has 1 heterocycles. The van der Waals surface area contributed by atoms with E-state index in [1.165, 1.54) is 0 Å². The summed E-state index contributed by atoms with van der Waals surface area (Å²) in [6.45, 7) is 5.18. The molecule has 1 saturated heterocycles. The molecule has 1 atom stereocenters. The molecule has 37 heavy (non-hydrogen) atoms. The number of ketones is 1. The molecule has 3 aromatic carbocycles. The number of hydrogen-bond acceptors (Lipinski definition) is 5. The second-order valence-electron chi connectivity index (χ2n) is 9.56. The molecule has 1 aliphatic rings. The average molecular weight is 500 g/mol. The van der Waals surface area contributed by atoms with Crippen LogP contribution >= 0.6 is 0 Å². The van der Waals surface area contributed by atoms with Crippen LogP contribution in [-0.4, -0.2) is 42.0 Å². The quantitative estimate of drug-likeness (QED) is 0.217. The zero-order valence-electron chi connectivity index (χ0n) is 21.5. The van der Waals surface area contributed by atoms with E-state index in [4.69, 9.17) is 9.47 Å². The van der Waals surface area contributed by atoms with Gasteiger partial charge in [-0.05, 0) is 66.3 Å². The Morgan fingerprint density at radius 2 is 1.68 bits per heavy atom. The number of aliphatic hydroxyl groups excluding tert-OH is 1. The summed E-state index contributed by atoms with van der Waals surface area (Å²) in [5.41, 5.74) is 2.28. The van der Waals surface area contributed by atoms with Gasteiger partial charge in [0.15, 0.2) is 0 Å². The number of benzene rings is 3. The molecule has 0 radical (unpaired) electrons. The molecule has 1 aliphatic heterocycles. The minimum absolute atomic E-state index is 0.0718. The van der Waals surface area contributed by atoms with Crippen molar-refractivity contribution in [3.63, 3.8) is 0 Å². The fourth-order valence-electron chi connectivity index (χ4n) is 4.44. The largest absolute Gasteiger partial charge is 0.507 e. The van der Waals surface area contributed by atoms with Crippen LogP contribution in [0.2, 0.25) is 0 Å². The summed E-state index contributed by atoms with van der Waals surface area (Å²) in [5, 5.41) is 11.3. The van der Waals surface area contributed by atoms with Crippen LogP contribution in [0.4, 0.5) is 0 Å². The average Bonchev–Trinajstić information content (AvgIpc) is 3.17. The van der Waals surface area contributed by atoms with Gasteiger partial charge in [-0.25, -0.2) is 0 Å². The van der Waals surface area contributed by atoms with Gasteiger partial charge in [0.1, 0.15) is 17.3 Å². The van der Waals surface area contributed by atoms with Crippen LogP contribution in [0.25, 0.3) is 5.76 Å². The molecule has 1 fully saturated rings. The van der Waals surface area contributed by atoms with Crippen LogP contribution in [0.3, 0.4) is 0 Å². The Morgan fingerprint density at radius 3 is 2.35 bits per heavy atom. The van der Waals surface area contributed by atoms with Gasteiger partial charge in [0.2, 0.25) is 0 Å². The van der Waals surface area contributed by atoms with Crippen LogP contribution in [0, 0.1) is 5.92 Å². The van der Waals surface area contributed by atoms with Gasteiger partial charge in [-0.2, -0.15) is 0 Å². The minimum Gasteiger partial charge on any atom is -0.507 e. The van der Waals surface area contributed by atoms with Gasteiger partial charge in [0, 0.05) is 12.1 Å². The lowest BCUT2D eigenvalue weighted by Gasteiger charge is -2.26. The predicted molar refractivity (Wildman–Crippen MR) is 144 cm³/mol. The zero-order valence-corrected chi connectivity index (χ0v) is 21.5. The number of hydrogen-bond donors (Lipinski definition) is 1. The van der Waals surface area contributed by atoms with Crippen molar-refractivity contribution in [1.29, 1.82) is 0 Å². The van der Waals surface area contributed by atoms with Gasteiger partial charge >= 0.3 is 0 Å². The number of methoxy groups -OCH3 is 1. The number of rotatable bonds is 10. The Bertz CT molecular complexity index is 1260. The normalized spacial score (nSPS) is 16.9. The van der Waals surface area contributed by atoms with Gasteiger partial charge < -0.3 is 19.5 Å². The second-order valence-corrected chi connectivity index (χ2v) is 9.56. The molecular weight excluding hydrogens is 466 g/mol. The molecule has 0 aromatic heterocycles. The number of carbonyl (C=O) groups is 2. The summed E-state index contributed by atoms with van der Waals surface area (Å²) in [4.78, 5) is 28.1. The summed E-state index contributed by atoms with van der Waals surface area (Å²) < 4.78 is 11.2. The highest BCUT2D eigenvalue weighted by molar-refractivity contribution is 6.46. The van der Waals surface area contributed by atoms with Crippen molar-refractivity contribution in [2.24, 2.45) is 5.92 Å². The van der Waals surface area contributed by atoms with Gasteiger partial charge in [-0.15, -0.1) is 0 Å². The first-order valence-electron chi connectivity index (χ1n) is 12.6. The monoisotopic (exact) mass is 499 g/mol. The lowest BCUT2D eigenvalue weighted by atomic mass is 9.95. The number of carbonyl (C=O) groups excluding carboxylic acids is 2. The van der Waals surface area contributed by atoms with Gasteiger partial charge in [-0.1, -0.05) is 56.3 Å². The molecule has 0 bridgehead atoms. The SMILES string of the molecule is COc1ccc(C(O)=C2C(=O)C(=O)N(CCc3ccccc3)C2c2cccc(OCCC(C)C)c2)cc1. The Morgan fingerprint density at radius 1 is 0.946 bits per heavy atom. The molecular formula is C31H33NO5. The first kappa shape index (κ1) is 26.0. The number of nitrogens with zero attached hydrogens (tertiary/aromatic N) is 1. The Labute approximate surface area is 218 Å². The lowest BCUT2D eigenvalue weighted by Crippen LogP contribution is -2.31. The fourth-order valence-corrected chi connectivity index (χ4v) is 4.44. The number of aliphatic hydroxyl groups is 1. The van der Waals surface area contributed by atoms with E-state index in [0.29, 0.717) is 48.1 Å². The lowest BCUT2D eigenvalue weighted by molar-refractivity contribution is -0.139. The summed E-state index contributed by atoms with van der Waals surface area (Å²) in [7, 11) is 1.56. The van der Waals surface area contributed by atoms with Crippen LogP contribution in [0.15, 0.2) is 84.4 Å². The van der Waals surface area contributed by atoms with Crippen molar-refractivity contribution < 1.29 is 24.2 Å². The van der Waals surface area contributed by atoms with Crippen LogP contribution in [0.5, 0.6) is 11.5 Å². The summed E-state index contributed by atoms with van der Waals surface area (Å²) in [6, 6.07) is 23.3. The van der Waals surface area contributed by atoms with E-state index in [0.717, 1.165) is 12.0 Å². The smallest absolute Gasteiger partial charge is 0.295 e. The highest BCUT2D eigenvalue weighted by Gasteiger charge is 2.46. The molecule has 6 heteroatoms. The second kappa shape index (κ2) is 11.8. The molecule has 1 amide bonds. The van der Waals surface area contributed by atoms with Crippen molar-refractivity contribution in [1.82, 2.24) is 4.90 Å². The van der Waals surface area contributed by atoms with E-state index in [9.17, 15) is 14.7 Å². The molecule has 0 spiro atoms. The summed E-state index contributed by atoms with van der Waals surface area (Å²) in [6.07, 6.45) is 1.49. The molecule has 4 rings (SSSR count). The Kier molecular flexibility index (Phi) is 8.29. The first-order valence-corrected chi connectivity index (χ1v) is 12.6. The molecule has 0 aliphatic carbocycles. The number of ether oxygens (including phenoxy) is 2. The summed E-state index contributed by atoms with van der Waals surface area (Å²) in [5.74, 6) is 0.274. The number of likely N-dealkylation sites (tertiary alicyclic amines) is 1. The van der Waals surface area contributed by atoms with E-state index >= 15 is 0 Å². The number of amides is 1. The topological polar surface area (TPSA) is 76.1 Å². The van der Waals surface area contributed by atoms with Gasteiger partial charge in [-0.3, -0.25) is 9.59 Å². The fraction of sp³-hybridized carbons (Fsp3) is 0.290. The molecule has 0 saturated carbocycles. The highest BCUT2D eigenvalue weighted by atomic mass is 16.5. The summed E-state index contributed by atoms with van der Waals surface area (Å²) >= 11 is 0. The van der Waals surface area contributed by atoms with E-state index in [1.54, 1.807) is 36.3 Å². The first-order chi connectivity index (χ1) is 17.9.